The molecule has 4 nitrogen and oxygen atoms in total. The van der Waals surface area contributed by atoms with Crippen LogP contribution in [0.25, 0.3) is 0 Å². The molecule has 0 bridgehead atoms. The number of Topliss-reactive ketones (excluding diaryl/α,β-unsaturated/α-hetero) is 1. The number of aryl methyl sites for hydroxylation is 1. The smallest absolute Gasteiger partial charge is 0.167 e. The van der Waals surface area contributed by atoms with Crippen LogP contribution in [-0.4, -0.2) is 21.1 Å². The minimum atomic E-state index is -0.276. The van der Waals surface area contributed by atoms with Crippen molar-refractivity contribution in [3.05, 3.63) is 18.0 Å². The molecule has 1 fully saturated rings. The Morgan fingerprint density at radius 1 is 1.44 bits per heavy atom. The Kier molecular flexibility index (Phi) is 4.17. The molecule has 1 saturated carbocycles. The standard InChI is InChI=1S/C14H23N3O/c1-2-8-17-11-12(10-16-17)13(18)9-14(15)6-4-3-5-7-14/h10-11H,2-9,15H2,1H3. The summed E-state index contributed by atoms with van der Waals surface area (Å²) in [7, 11) is 0. The average Bonchev–Trinajstić information content (AvgIpc) is 2.78. The number of nitrogens with zero attached hydrogens (tertiary/aromatic N) is 2. The molecule has 2 N–H and O–H groups in total. The lowest BCUT2D eigenvalue weighted by Gasteiger charge is -2.32. The summed E-state index contributed by atoms with van der Waals surface area (Å²) < 4.78 is 1.83. The topological polar surface area (TPSA) is 60.9 Å². The van der Waals surface area contributed by atoms with Crippen LogP contribution in [0.4, 0.5) is 0 Å². The van der Waals surface area contributed by atoms with E-state index in [1.54, 1.807) is 6.20 Å². The molecule has 18 heavy (non-hydrogen) atoms. The highest BCUT2D eigenvalue weighted by Crippen LogP contribution is 2.29. The van der Waals surface area contributed by atoms with Crippen LogP contribution in [0.3, 0.4) is 0 Å². The van der Waals surface area contributed by atoms with E-state index >= 15 is 0 Å². The number of hydrogen-bond acceptors (Lipinski definition) is 3. The van der Waals surface area contributed by atoms with Gasteiger partial charge in [0, 0.05) is 24.7 Å². The normalized spacial score (nSPS) is 18.8. The first-order valence-electron chi connectivity index (χ1n) is 6.97. The third-order valence-electron chi connectivity index (χ3n) is 3.77. The van der Waals surface area contributed by atoms with E-state index < -0.39 is 0 Å². The second-order valence-electron chi connectivity index (χ2n) is 5.52. The predicted octanol–water partition coefficient (Wildman–Crippen LogP) is 2.53. The highest BCUT2D eigenvalue weighted by molar-refractivity contribution is 5.96. The van der Waals surface area contributed by atoms with E-state index in [-0.39, 0.29) is 11.3 Å². The van der Waals surface area contributed by atoms with E-state index in [2.05, 4.69) is 12.0 Å². The summed E-state index contributed by atoms with van der Waals surface area (Å²) in [6.45, 7) is 2.96. The van der Waals surface area contributed by atoms with Gasteiger partial charge in [-0.05, 0) is 19.3 Å². The zero-order chi connectivity index (χ0) is 13.0. The van der Waals surface area contributed by atoms with Gasteiger partial charge in [-0.2, -0.15) is 5.10 Å². The summed E-state index contributed by atoms with van der Waals surface area (Å²) >= 11 is 0. The van der Waals surface area contributed by atoms with E-state index in [1.807, 2.05) is 10.9 Å². The number of rotatable bonds is 5. The third kappa shape index (κ3) is 3.19. The fourth-order valence-electron chi connectivity index (χ4n) is 2.71. The molecule has 0 aromatic carbocycles. The van der Waals surface area contributed by atoms with E-state index in [1.165, 1.54) is 6.42 Å². The van der Waals surface area contributed by atoms with Gasteiger partial charge in [-0.3, -0.25) is 9.48 Å². The number of nitrogens with two attached hydrogens (primary N) is 1. The molecule has 0 unspecified atom stereocenters. The molecule has 2 rings (SSSR count). The lowest BCUT2D eigenvalue weighted by atomic mass is 9.78. The van der Waals surface area contributed by atoms with Crippen LogP contribution < -0.4 is 5.73 Å². The van der Waals surface area contributed by atoms with Gasteiger partial charge in [0.05, 0.1) is 11.8 Å². The SMILES string of the molecule is CCCn1cc(C(=O)CC2(N)CCCCC2)cn1. The molecule has 100 valence electrons. The molecule has 1 aliphatic carbocycles. The highest BCUT2D eigenvalue weighted by atomic mass is 16.1. The Morgan fingerprint density at radius 3 is 2.83 bits per heavy atom. The minimum absolute atomic E-state index is 0.141. The second kappa shape index (κ2) is 5.65. The molecule has 1 aliphatic rings. The molecule has 0 aliphatic heterocycles. The largest absolute Gasteiger partial charge is 0.325 e. The quantitative estimate of drug-likeness (QED) is 0.816. The predicted molar refractivity (Wildman–Crippen MR) is 71.5 cm³/mol. The summed E-state index contributed by atoms with van der Waals surface area (Å²) in [5, 5.41) is 4.20. The van der Waals surface area contributed by atoms with E-state index in [0.717, 1.165) is 38.6 Å². The van der Waals surface area contributed by atoms with Crippen LogP contribution in [0, 0.1) is 0 Å². The van der Waals surface area contributed by atoms with Crippen molar-refractivity contribution in [3.63, 3.8) is 0 Å². The molecule has 0 amide bonds. The summed E-state index contributed by atoms with van der Waals surface area (Å²) in [5.74, 6) is 0.141. The number of ketones is 1. The van der Waals surface area contributed by atoms with Gasteiger partial charge in [0.1, 0.15) is 0 Å². The van der Waals surface area contributed by atoms with Crippen LogP contribution in [0.5, 0.6) is 0 Å². The Labute approximate surface area is 109 Å². The number of carbonyl (C=O) groups is 1. The molecule has 4 heteroatoms. The monoisotopic (exact) mass is 249 g/mol. The van der Waals surface area contributed by atoms with E-state index in [0.29, 0.717) is 12.0 Å². The maximum Gasteiger partial charge on any atom is 0.167 e. The van der Waals surface area contributed by atoms with Crippen LogP contribution >= 0.6 is 0 Å². The van der Waals surface area contributed by atoms with Crippen molar-refractivity contribution >= 4 is 5.78 Å². The van der Waals surface area contributed by atoms with Crippen LogP contribution in [0.1, 0.15) is 62.2 Å². The lowest BCUT2D eigenvalue weighted by molar-refractivity contribution is 0.0934. The maximum absolute atomic E-state index is 12.2. The van der Waals surface area contributed by atoms with Crippen molar-refractivity contribution < 1.29 is 4.79 Å². The van der Waals surface area contributed by atoms with Crippen molar-refractivity contribution in [1.29, 1.82) is 0 Å². The molecule has 0 saturated heterocycles. The van der Waals surface area contributed by atoms with Crippen molar-refractivity contribution in [3.8, 4) is 0 Å². The zero-order valence-corrected chi connectivity index (χ0v) is 11.2. The zero-order valence-electron chi connectivity index (χ0n) is 11.2. The van der Waals surface area contributed by atoms with E-state index in [9.17, 15) is 4.79 Å². The Morgan fingerprint density at radius 2 is 2.17 bits per heavy atom. The molecule has 1 aromatic rings. The Bertz CT molecular complexity index is 405. The van der Waals surface area contributed by atoms with Gasteiger partial charge in [-0.25, -0.2) is 0 Å². The van der Waals surface area contributed by atoms with Crippen LogP contribution in [0.15, 0.2) is 12.4 Å². The second-order valence-corrected chi connectivity index (χ2v) is 5.52. The Hall–Kier alpha value is -1.16. The minimum Gasteiger partial charge on any atom is -0.325 e. The summed E-state index contributed by atoms with van der Waals surface area (Å²) in [5.41, 5.74) is 6.75. The van der Waals surface area contributed by atoms with Crippen molar-refractivity contribution in [2.45, 2.75) is 64.0 Å². The summed E-state index contributed by atoms with van der Waals surface area (Å²) in [6.07, 6.45) is 10.5. The van der Waals surface area contributed by atoms with Gasteiger partial charge < -0.3 is 5.73 Å². The first-order valence-corrected chi connectivity index (χ1v) is 6.97. The third-order valence-corrected chi connectivity index (χ3v) is 3.77. The first kappa shape index (κ1) is 13.3. The molecular weight excluding hydrogens is 226 g/mol. The number of hydrogen-bond donors (Lipinski definition) is 1. The van der Waals surface area contributed by atoms with E-state index in [4.69, 9.17) is 5.73 Å². The molecule has 0 spiro atoms. The molecule has 1 heterocycles. The fourth-order valence-corrected chi connectivity index (χ4v) is 2.71. The average molecular weight is 249 g/mol. The van der Waals surface area contributed by atoms with Gasteiger partial charge in [0.25, 0.3) is 0 Å². The Balaban J connectivity index is 1.97. The molecule has 0 atom stereocenters. The first-order chi connectivity index (χ1) is 8.63. The summed E-state index contributed by atoms with van der Waals surface area (Å²) in [4.78, 5) is 12.2. The van der Waals surface area contributed by atoms with Gasteiger partial charge in [0.15, 0.2) is 5.78 Å². The number of carbonyl (C=O) groups excluding carboxylic acids is 1. The lowest BCUT2D eigenvalue weighted by Crippen LogP contribution is -2.43. The molecule has 0 radical (unpaired) electrons. The number of aromatic nitrogens is 2. The van der Waals surface area contributed by atoms with Crippen molar-refractivity contribution in [2.75, 3.05) is 0 Å². The highest BCUT2D eigenvalue weighted by Gasteiger charge is 2.30. The fraction of sp³-hybridized carbons (Fsp3) is 0.714. The van der Waals surface area contributed by atoms with Gasteiger partial charge >= 0.3 is 0 Å². The van der Waals surface area contributed by atoms with Crippen molar-refractivity contribution in [2.24, 2.45) is 5.73 Å². The van der Waals surface area contributed by atoms with Crippen LogP contribution in [-0.2, 0) is 6.54 Å². The van der Waals surface area contributed by atoms with Crippen molar-refractivity contribution in [1.82, 2.24) is 9.78 Å². The van der Waals surface area contributed by atoms with Gasteiger partial charge in [-0.15, -0.1) is 0 Å². The van der Waals surface area contributed by atoms with Gasteiger partial charge in [0.2, 0.25) is 0 Å². The molecular formula is C14H23N3O. The maximum atomic E-state index is 12.2. The van der Waals surface area contributed by atoms with Gasteiger partial charge in [-0.1, -0.05) is 26.2 Å². The van der Waals surface area contributed by atoms with Crippen LogP contribution in [0.2, 0.25) is 0 Å². The molecule has 1 aromatic heterocycles. The summed E-state index contributed by atoms with van der Waals surface area (Å²) in [6, 6.07) is 0.